The summed E-state index contributed by atoms with van der Waals surface area (Å²) in [6.07, 6.45) is -2.29. The second-order valence-electron chi connectivity index (χ2n) is 13.4. The number of hydrazine groups is 1. The van der Waals surface area contributed by atoms with Gasteiger partial charge in [-0.3, -0.25) is 29.4 Å². The van der Waals surface area contributed by atoms with E-state index in [2.05, 4.69) is 26.8 Å². The molecule has 0 saturated heterocycles. The van der Waals surface area contributed by atoms with Crippen LogP contribution in [0.3, 0.4) is 0 Å². The lowest BCUT2D eigenvalue weighted by atomic mass is 9.97. The maximum Gasteiger partial charge on any atom is 0.408 e. The number of carbonyl (C=O) groups is 6. The van der Waals surface area contributed by atoms with Gasteiger partial charge in [-0.05, 0) is 66.4 Å². The molecule has 1 aromatic rings. The Morgan fingerprint density at radius 3 is 1.90 bits per heavy atom. The number of amides is 4. The summed E-state index contributed by atoms with van der Waals surface area (Å²) in [6.45, 7) is 14.5. The lowest BCUT2D eigenvalue weighted by molar-refractivity contribution is -0.156. The fourth-order valence-corrected chi connectivity index (χ4v) is 4.10. The molecule has 0 bridgehead atoms. The number of hydrogen-bond acceptors (Lipinski definition) is 11. The van der Waals surface area contributed by atoms with E-state index < -0.39 is 83.6 Å². The Kier molecular flexibility index (Phi) is 17.0. The van der Waals surface area contributed by atoms with Crippen LogP contribution in [0.25, 0.3) is 0 Å². The molecule has 0 aliphatic heterocycles. The number of nitrogens with one attached hydrogen (secondary N) is 5. The van der Waals surface area contributed by atoms with E-state index in [0.717, 1.165) is 5.56 Å². The minimum atomic E-state index is -1.53. The molecular formula is C33H53N5O10. The average Bonchev–Trinajstić information content (AvgIpc) is 2.97. The Balaban J connectivity index is 3.09. The molecule has 1 rings (SSSR count). The van der Waals surface area contributed by atoms with Gasteiger partial charge in [-0.1, -0.05) is 50.6 Å². The van der Waals surface area contributed by atoms with Crippen molar-refractivity contribution in [2.75, 3.05) is 6.54 Å². The van der Waals surface area contributed by atoms with Crippen LogP contribution in [0.15, 0.2) is 30.3 Å². The standard InChI is InChI=1S/C33H53N5O10/c1-10-20(2)26(37-31(45)46-19-22-14-12-11-13-15-22)29(43)35-23(16-17-24(40)47-32(4,5)6)28(42)36-27(21(3)39)30(44)38-34-18-25(41)48-33(7,8)9/h11-15,20-21,23,26-27,34,39H,10,16-19H2,1-9H3,(H,35,43)(H,36,42)(H,37,45)(H,38,44)/t20-,21+,23-,26-,27-/m0/s1. The van der Waals surface area contributed by atoms with Gasteiger partial charge in [-0.25, -0.2) is 10.2 Å². The van der Waals surface area contributed by atoms with Crippen molar-refractivity contribution in [1.82, 2.24) is 26.8 Å². The maximum absolute atomic E-state index is 13.5. The zero-order valence-corrected chi connectivity index (χ0v) is 29.4. The van der Waals surface area contributed by atoms with Crippen LogP contribution >= 0.6 is 0 Å². The van der Waals surface area contributed by atoms with Crippen molar-refractivity contribution in [2.45, 2.75) is 124 Å². The molecule has 0 radical (unpaired) electrons. The number of hydrogen-bond donors (Lipinski definition) is 6. The monoisotopic (exact) mass is 679 g/mol. The first-order chi connectivity index (χ1) is 22.2. The Labute approximate surface area is 282 Å². The third kappa shape index (κ3) is 17.1. The molecule has 0 aromatic heterocycles. The molecule has 0 unspecified atom stereocenters. The molecule has 0 saturated carbocycles. The zero-order chi connectivity index (χ0) is 36.7. The van der Waals surface area contributed by atoms with Crippen molar-refractivity contribution in [1.29, 1.82) is 0 Å². The summed E-state index contributed by atoms with van der Waals surface area (Å²) in [6, 6.07) is 4.92. The third-order valence-electron chi connectivity index (χ3n) is 6.60. The van der Waals surface area contributed by atoms with E-state index >= 15 is 0 Å². The van der Waals surface area contributed by atoms with Crippen molar-refractivity contribution in [3.8, 4) is 0 Å². The van der Waals surface area contributed by atoms with E-state index in [1.165, 1.54) is 6.92 Å². The molecule has 0 fully saturated rings. The van der Waals surface area contributed by atoms with Gasteiger partial charge in [0.1, 0.15) is 42.5 Å². The molecule has 0 heterocycles. The average molecular weight is 680 g/mol. The molecule has 0 aliphatic carbocycles. The van der Waals surface area contributed by atoms with Crippen molar-refractivity contribution < 1.29 is 48.1 Å². The van der Waals surface area contributed by atoms with Crippen LogP contribution in [-0.4, -0.2) is 82.8 Å². The molecule has 4 amide bonds. The first-order valence-electron chi connectivity index (χ1n) is 15.9. The van der Waals surface area contributed by atoms with Gasteiger partial charge in [0, 0.05) is 6.42 Å². The van der Waals surface area contributed by atoms with Gasteiger partial charge in [0.2, 0.25) is 11.8 Å². The molecule has 15 heteroatoms. The summed E-state index contributed by atoms with van der Waals surface area (Å²) in [5, 5.41) is 17.8. The fraction of sp³-hybridized carbons (Fsp3) is 0.636. The number of rotatable bonds is 17. The second-order valence-corrected chi connectivity index (χ2v) is 13.4. The Hall–Kier alpha value is -4.24. The fourth-order valence-electron chi connectivity index (χ4n) is 4.10. The van der Waals surface area contributed by atoms with Gasteiger partial charge < -0.3 is 35.3 Å². The van der Waals surface area contributed by atoms with E-state index in [9.17, 15) is 33.9 Å². The molecule has 0 aliphatic rings. The number of aliphatic hydroxyl groups excluding tert-OH is 1. The first kappa shape index (κ1) is 41.8. The second kappa shape index (κ2) is 19.5. The van der Waals surface area contributed by atoms with E-state index in [4.69, 9.17) is 14.2 Å². The summed E-state index contributed by atoms with van der Waals surface area (Å²) in [4.78, 5) is 77.0. The summed E-state index contributed by atoms with van der Waals surface area (Å²) in [5.74, 6) is -4.20. The van der Waals surface area contributed by atoms with Crippen LogP contribution in [0.2, 0.25) is 0 Å². The summed E-state index contributed by atoms with van der Waals surface area (Å²) in [5.41, 5.74) is 3.83. The smallest absolute Gasteiger partial charge is 0.408 e. The summed E-state index contributed by atoms with van der Waals surface area (Å²) < 4.78 is 15.8. The molecule has 1 aromatic carbocycles. The highest BCUT2D eigenvalue weighted by Gasteiger charge is 2.34. The van der Waals surface area contributed by atoms with Crippen molar-refractivity contribution in [2.24, 2.45) is 5.92 Å². The van der Waals surface area contributed by atoms with E-state index in [1.54, 1.807) is 72.7 Å². The molecular weight excluding hydrogens is 626 g/mol. The van der Waals surface area contributed by atoms with Crippen LogP contribution in [-0.2, 0) is 44.8 Å². The van der Waals surface area contributed by atoms with Crippen molar-refractivity contribution >= 4 is 35.8 Å². The minimum absolute atomic E-state index is 0.0299. The minimum Gasteiger partial charge on any atom is -0.460 e. The highest BCUT2D eigenvalue weighted by atomic mass is 16.6. The SMILES string of the molecule is CC[C@H](C)[C@H](NC(=O)OCc1ccccc1)C(=O)N[C@@H](CCC(=O)OC(C)(C)C)C(=O)N[C@H](C(=O)NNCC(=O)OC(C)(C)C)[C@@H](C)O. The predicted octanol–water partition coefficient (Wildman–Crippen LogP) is 1.76. The van der Waals surface area contributed by atoms with Crippen molar-refractivity contribution in [3.05, 3.63) is 35.9 Å². The number of alkyl carbamates (subject to hydrolysis) is 1. The van der Waals surface area contributed by atoms with Gasteiger partial charge in [0.25, 0.3) is 5.91 Å². The Morgan fingerprint density at radius 1 is 0.771 bits per heavy atom. The van der Waals surface area contributed by atoms with E-state index in [0.29, 0.717) is 6.42 Å². The molecule has 0 spiro atoms. The number of carbonyl (C=O) groups excluding carboxylic acids is 6. The van der Waals surface area contributed by atoms with Gasteiger partial charge >= 0.3 is 18.0 Å². The van der Waals surface area contributed by atoms with Crippen LogP contribution in [0.4, 0.5) is 4.79 Å². The summed E-state index contributed by atoms with van der Waals surface area (Å²) >= 11 is 0. The topological polar surface area (TPSA) is 210 Å². The first-order valence-corrected chi connectivity index (χ1v) is 15.9. The molecule has 6 N–H and O–H groups in total. The van der Waals surface area contributed by atoms with Crippen LogP contribution < -0.4 is 26.8 Å². The third-order valence-corrected chi connectivity index (χ3v) is 6.60. The van der Waals surface area contributed by atoms with Crippen LogP contribution in [0, 0.1) is 5.92 Å². The predicted molar refractivity (Wildman–Crippen MR) is 176 cm³/mol. The molecule has 48 heavy (non-hydrogen) atoms. The maximum atomic E-state index is 13.5. The number of aliphatic hydroxyl groups is 1. The van der Waals surface area contributed by atoms with Gasteiger partial charge in [0.05, 0.1) is 6.10 Å². The lowest BCUT2D eigenvalue weighted by Gasteiger charge is -2.28. The van der Waals surface area contributed by atoms with E-state index in [1.807, 2.05) is 13.0 Å². The number of esters is 2. The highest BCUT2D eigenvalue weighted by molar-refractivity contribution is 5.94. The quantitative estimate of drug-likeness (QED) is 0.0794. The van der Waals surface area contributed by atoms with Gasteiger partial charge in [-0.2, -0.15) is 0 Å². The van der Waals surface area contributed by atoms with E-state index in [-0.39, 0.29) is 19.4 Å². The highest BCUT2D eigenvalue weighted by Crippen LogP contribution is 2.13. The van der Waals surface area contributed by atoms with Gasteiger partial charge in [0.15, 0.2) is 0 Å². The summed E-state index contributed by atoms with van der Waals surface area (Å²) in [7, 11) is 0. The van der Waals surface area contributed by atoms with Crippen molar-refractivity contribution in [3.63, 3.8) is 0 Å². The molecule has 270 valence electrons. The van der Waals surface area contributed by atoms with Crippen LogP contribution in [0.1, 0.15) is 87.1 Å². The van der Waals surface area contributed by atoms with Crippen LogP contribution in [0.5, 0.6) is 0 Å². The molecule has 5 atom stereocenters. The number of benzene rings is 1. The normalized spacial score (nSPS) is 14.6. The lowest BCUT2D eigenvalue weighted by Crippen LogP contribution is -2.60. The molecule has 15 nitrogen and oxygen atoms in total. The Morgan fingerprint density at radius 2 is 1.35 bits per heavy atom. The largest absolute Gasteiger partial charge is 0.460 e. The number of ether oxygens (including phenoxy) is 3. The Bertz CT molecular complexity index is 1230. The zero-order valence-electron chi connectivity index (χ0n) is 29.4. The van der Waals surface area contributed by atoms with Gasteiger partial charge in [-0.15, -0.1) is 0 Å².